The molecular formula is C23H16BrCl3N2O4. The SMILES string of the molecule is C[C@H](Oc1ccc(Cl)cc1Cl)C(=O)N/N=C\c1cc(Br)ccc1OC(=O)c1ccc(Cl)cc1. The van der Waals surface area contributed by atoms with Crippen LogP contribution in [0.3, 0.4) is 0 Å². The summed E-state index contributed by atoms with van der Waals surface area (Å²) in [6.45, 7) is 1.55. The molecule has 0 spiro atoms. The number of hydrogen-bond acceptors (Lipinski definition) is 5. The number of carbonyl (C=O) groups is 2. The summed E-state index contributed by atoms with van der Waals surface area (Å²) in [5.74, 6) is -0.494. The normalized spacial score (nSPS) is 11.8. The number of rotatable bonds is 7. The third kappa shape index (κ3) is 7.20. The fraction of sp³-hybridized carbons (Fsp3) is 0.0870. The lowest BCUT2D eigenvalue weighted by molar-refractivity contribution is -0.127. The quantitative estimate of drug-likeness (QED) is 0.151. The molecule has 0 heterocycles. The molecule has 1 amide bonds. The lowest BCUT2D eigenvalue weighted by Crippen LogP contribution is -2.33. The van der Waals surface area contributed by atoms with Crippen LogP contribution in [0.25, 0.3) is 0 Å². The summed E-state index contributed by atoms with van der Waals surface area (Å²) in [5.41, 5.74) is 3.18. The van der Waals surface area contributed by atoms with Crippen LogP contribution < -0.4 is 14.9 Å². The van der Waals surface area contributed by atoms with Crippen molar-refractivity contribution in [2.24, 2.45) is 5.10 Å². The second-order valence-electron chi connectivity index (χ2n) is 6.65. The van der Waals surface area contributed by atoms with Crippen LogP contribution in [0, 0.1) is 0 Å². The summed E-state index contributed by atoms with van der Waals surface area (Å²) in [6, 6.07) is 16.0. The van der Waals surface area contributed by atoms with E-state index >= 15 is 0 Å². The highest BCUT2D eigenvalue weighted by atomic mass is 79.9. The van der Waals surface area contributed by atoms with Gasteiger partial charge < -0.3 is 9.47 Å². The van der Waals surface area contributed by atoms with Crippen molar-refractivity contribution in [1.82, 2.24) is 5.43 Å². The Morgan fingerprint density at radius 2 is 1.64 bits per heavy atom. The maximum absolute atomic E-state index is 12.4. The predicted molar refractivity (Wildman–Crippen MR) is 133 cm³/mol. The van der Waals surface area contributed by atoms with Crippen LogP contribution in [0.15, 0.2) is 70.2 Å². The molecule has 0 fully saturated rings. The van der Waals surface area contributed by atoms with E-state index in [2.05, 4.69) is 26.5 Å². The van der Waals surface area contributed by atoms with Crippen LogP contribution in [0.4, 0.5) is 0 Å². The molecule has 0 aliphatic rings. The van der Waals surface area contributed by atoms with Crippen molar-refractivity contribution in [2.45, 2.75) is 13.0 Å². The van der Waals surface area contributed by atoms with Crippen LogP contribution in [0.2, 0.25) is 15.1 Å². The maximum Gasteiger partial charge on any atom is 0.343 e. The summed E-state index contributed by atoms with van der Waals surface area (Å²) in [5, 5.41) is 5.19. The van der Waals surface area contributed by atoms with Crippen molar-refractivity contribution >= 4 is 68.8 Å². The third-order valence-electron chi connectivity index (χ3n) is 4.20. The van der Waals surface area contributed by atoms with E-state index in [1.807, 2.05) is 0 Å². The highest BCUT2D eigenvalue weighted by Gasteiger charge is 2.16. The van der Waals surface area contributed by atoms with Gasteiger partial charge in [0.2, 0.25) is 0 Å². The number of halogens is 4. The molecule has 0 saturated carbocycles. The van der Waals surface area contributed by atoms with Crippen molar-refractivity contribution in [2.75, 3.05) is 0 Å². The predicted octanol–water partition coefficient (Wildman–Crippen LogP) is 6.55. The minimum Gasteiger partial charge on any atom is -0.479 e. The molecule has 3 aromatic carbocycles. The Kier molecular flexibility index (Phi) is 8.74. The maximum atomic E-state index is 12.4. The minimum atomic E-state index is -0.884. The number of hydrogen-bond donors (Lipinski definition) is 1. The topological polar surface area (TPSA) is 77.0 Å². The summed E-state index contributed by atoms with van der Waals surface area (Å²) >= 11 is 21.1. The smallest absolute Gasteiger partial charge is 0.343 e. The van der Waals surface area contributed by atoms with Gasteiger partial charge in [-0.2, -0.15) is 5.10 Å². The molecule has 33 heavy (non-hydrogen) atoms. The molecule has 170 valence electrons. The number of benzene rings is 3. The van der Waals surface area contributed by atoms with E-state index in [4.69, 9.17) is 44.3 Å². The first-order chi connectivity index (χ1) is 15.7. The summed E-state index contributed by atoms with van der Waals surface area (Å²) in [4.78, 5) is 24.8. The summed E-state index contributed by atoms with van der Waals surface area (Å²) in [7, 11) is 0. The molecule has 0 aliphatic carbocycles. The van der Waals surface area contributed by atoms with Crippen LogP contribution in [0.1, 0.15) is 22.8 Å². The van der Waals surface area contributed by atoms with E-state index in [1.165, 1.54) is 12.3 Å². The molecule has 0 bridgehead atoms. The summed E-state index contributed by atoms with van der Waals surface area (Å²) < 4.78 is 11.8. The van der Waals surface area contributed by atoms with Gasteiger partial charge in [0.25, 0.3) is 5.91 Å². The van der Waals surface area contributed by atoms with Gasteiger partial charge in [-0.3, -0.25) is 4.79 Å². The van der Waals surface area contributed by atoms with Gasteiger partial charge >= 0.3 is 5.97 Å². The molecular weight excluding hydrogens is 555 g/mol. The molecule has 6 nitrogen and oxygen atoms in total. The average Bonchev–Trinajstić information content (AvgIpc) is 2.77. The molecule has 0 aliphatic heterocycles. The fourth-order valence-corrected chi connectivity index (χ4v) is 3.49. The largest absolute Gasteiger partial charge is 0.479 e. The van der Waals surface area contributed by atoms with Gasteiger partial charge in [0.05, 0.1) is 16.8 Å². The summed E-state index contributed by atoms with van der Waals surface area (Å²) in [6.07, 6.45) is 0.473. The number of carbonyl (C=O) groups excluding carboxylic acids is 2. The average molecular weight is 571 g/mol. The van der Waals surface area contributed by atoms with Crippen molar-refractivity contribution in [3.63, 3.8) is 0 Å². The first kappa shape index (κ1) is 25.1. The number of esters is 1. The molecule has 1 N–H and O–H groups in total. The van der Waals surface area contributed by atoms with Gasteiger partial charge in [0.15, 0.2) is 6.10 Å². The van der Waals surface area contributed by atoms with E-state index in [-0.39, 0.29) is 10.8 Å². The van der Waals surface area contributed by atoms with E-state index < -0.39 is 18.0 Å². The van der Waals surface area contributed by atoms with Gasteiger partial charge in [-0.05, 0) is 67.6 Å². The third-order valence-corrected chi connectivity index (χ3v) is 5.48. The lowest BCUT2D eigenvalue weighted by Gasteiger charge is -2.14. The lowest BCUT2D eigenvalue weighted by atomic mass is 10.2. The monoisotopic (exact) mass is 568 g/mol. The Morgan fingerprint density at radius 1 is 0.970 bits per heavy atom. The zero-order valence-electron chi connectivity index (χ0n) is 17.0. The van der Waals surface area contributed by atoms with Crippen molar-refractivity contribution in [3.8, 4) is 11.5 Å². The standard InChI is InChI=1S/C23H16BrCl3N2O4/c1-13(32-21-9-7-18(26)11-19(21)27)22(30)29-28-12-15-10-16(24)4-8-20(15)33-23(31)14-2-5-17(25)6-3-14/h2-13H,1H3,(H,29,30)/b28-12-/t13-/m0/s1. The van der Waals surface area contributed by atoms with Crippen molar-refractivity contribution in [3.05, 3.63) is 91.3 Å². The van der Waals surface area contributed by atoms with Crippen molar-refractivity contribution < 1.29 is 19.1 Å². The van der Waals surface area contributed by atoms with E-state index in [0.29, 0.717) is 26.9 Å². The molecule has 3 aromatic rings. The molecule has 10 heteroatoms. The van der Waals surface area contributed by atoms with Gasteiger partial charge in [-0.1, -0.05) is 50.7 Å². The van der Waals surface area contributed by atoms with E-state index in [9.17, 15) is 9.59 Å². The molecule has 0 unspecified atom stereocenters. The fourth-order valence-electron chi connectivity index (χ4n) is 2.53. The van der Waals surface area contributed by atoms with E-state index in [1.54, 1.807) is 61.5 Å². The van der Waals surface area contributed by atoms with Gasteiger partial charge in [-0.25, -0.2) is 10.2 Å². The van der Waals surface area contributed by atoms with E-state index in [0.717, 1.165) is 4.47 Å². The highest BCUT2D eigenvalue weighted by molar-refractivity contribution is 9.10. The second-order valence-corrected chi connectivity index (χ2v) is 8.84. The molecule has 1 atom stereocenters. The Balaban J connectivity index is 1.66. The highest BCUT2D eigenvalue weighted by Crippen LogP contribution is 2.28. The first-order valence-corrected chi connectivity index (χ1v) is 11.4. The van der Waals surface area contributed by atoms with Crippen LogP contribution in [0.5, 0.6) is 11.5 Å². The molecule has 0 aromatic heterocycles. The van der Waals surface area contributed by atoms with Gasteiger partial charge in [0, 0.05) is 20.1 Å². The minimum absolute atomic E-state index is 0.258. The second kappa shape index (κ2) is 11.5. The zero-order valence-corrected chi connectivity index (χ0v) is 20.9. The molecule has 0 radical (unpaired) electrons. The Morgan fingerprint density at radius 3 is 2.33 bits per heavy atom. The number of nitrogens with one attached hydrogen (secondary N) is 1. The Bertz CT molecular complexity index is 1200. The Labute approximate surface area is 213 Å². The van der Waals surface area contributed by atoms with Crippen molar-refractivity contribution in [1.29, 1.82) is 0 Å². The molecule has 3 rings (SSSR count). The molecule has 0 saturated heterocycles. The van der Waals surface area contributed by atoms with Crippen LogP contribution in [-0.2, 0) is 4.79 Å². The first-order valence-electron chi connectivity index (χ1n) is 9.45. The number of amides is 1. The Hall–Kier alpha value is -2.58. The number of hydrazone groups is 1. The van der Waals surface area contributed by atoms with Crippen LogP contribution >= 0.6 is 50.7 Å². The van der Waals surface area contributed by atoms with Crippen LogP contribution in [-0.4, -0.2) is 24.2 Å². The zero-order chi connectivity index (χ0) is 24.0. The number of ether oxygens (including phenoxy) is 2. The van der Waals surface area contributed by atoms with Gasteiger partial charge in [0.1, 0.15) is 11.5 Å². The number of nitrogens with zero attached hydrogens (tertiary/aromatic N) is 1. The van der Waals surface area contributed by atoms with Gasteiger partial charge in [-0.15, -0.1) is 0 Å².